The standard InChI is InChI=1S/C10H6BrClN2O2S/c11-8-3-2-7(16-8)10(15)14-13-5-6-1-4-9(12)17-6/h1-5H,(H,14,15). The van der Waals surface area contributed by atoms with Crippen molar-refractivity contribution in [2.24, 2.45) is 5.10 Å². The van der Waals surface area contributed by atoms with Crippen LogP contribution in [0.3, 0.4) is 0 Å². The van der Waals surface area contributed by atoms with Gasteiger partial charge in [-0.05, 0) is 40.2 Å². The van der Waals surface area contributed by atoms with Gasteiger partial charge in [0.15, 0.2) is 10.4 Å². The molecule has 7 heteroatoms. The van der Waals surface area contributed by atoms with Gasteiger partial charge in [0, 0.05) is 4.88 Å². The van der Waals surface area contributed by atoms with Gasteiger partial charge in [0.25, 0.3) is 0 Å². The molecule has 1 N–H and O–H groups in total. The number of rotatable bonds is 3. The fraction of sp³-hybridized carbons (Fsp3) is 0. The molecule has 0 radical (unpaired) electrons. The van der Waals surface area contributed by atoms with Crippen molar-refractivity contribution in [2.45, 2.75) is 0 Å². The van der Waals surface area contributed by atoms with E-state index in [0.29, 0.717) is 9.01 Å². The van der Waals surface area contributed by atoms with Crippen LogP contribution in [0.15, 0.2) is 38.5 Å². The highest BCUT2D eigenvalue weighted by Gasteiger charge is 2.08. The predicted molar refractivity (Wildman–Crippen MR) is 70.8 cm³/mol. The average Bonchev–Trinajstić information content (AvgIpc) is 2.88. The SMILES string of the molecule is O=C(NN=Cc1ccc(Cl)s1)c1ccc(Br)o1. The van der Waals surface area contributed by atoms with Gasteiger partial charge < -0.3 is 4.42 Å². The number of halogens is 2. The summed E-state index contributed by atoms with van der Waals surface area (Å²) in [5.74, 6) is -0.215. The average molecular weight is 334 g/mol. The van der Waals surface area contributed by atoms with Gasteiger partial charge in [-0.3, -0.25) is 4.79 Å². The van der Waals surface area contributed by atoms with Crippen LogP contribution < -0.4 is 5.43 Å². The molecule has 0 atom stereocenters. The minimum atomic E-state index is -0.408. The highest BCUT2D eigenvalue weighted by Crippen LogP contribution is 2.19. The first-order valence-electron chi connectivity index (χ1n) is 4.49. The quantitative estimate of drug-likeness (QED) is 0.690. The lowest BCUT2D eigenvalue weighted by atomic mass is 10.4. The second kappa shape index (κ2) is 5.48. The smallest absolute Gasteiger partial charge is 0.307 e. The van der Waals surface area contributed by atoms with E-state index in [1.807, 2.05) is 6.07 Å². The molecule has 0 aliphatic rings. The summed E-state index contributed by atoms with van der Waals surface area (Å²) < 4.78 is 6.24. The zero-order valence-electron chi connectivity index (χ0n) is 8.31. The van der Waals surface area contributed by atoms with Crippen LogP contribution in [0.1, 0.15) is 15.4 Å². The molecule has 2 heterocycles. The van der Waals surface area contributed by atoms with E-state index in [1.54, 1.807) is 18.2 Å². The molecule has 2 aromatic rings. The molecule has 17 heavy (non-hydrogen) atoms. The summed E-state index contributed by atoms with van der Waals surface area (Å²) in [7, 11) is 0. The summed E-state index contributed by atoms with van der Waals surface area (Å²) >= 11 is 10.2. The Kier molecular flexibility index (Phi) is 3.98. The normalized spacial score (nSPS) is 10.9. The van der Waals surface area contributed by atoms with E-state index >= 15 is 0 Å². The molecule has 2 rings (SSSR count). The highest BCUT2D eigenvalue weighted by atomic mass is 79.9. The molecule has 0 saturated carbocycles. The third-order valence-electron chi connectivity index (χ3n) is 1.75. The van der Waals surface area contributed by atoms with Gasteiger partial charge in [0.1, 0.15) is 0 Å². The van der Waals surface area contributed by atoms with Crippen molar-refractivity contribution in [3.63, 3.8) is 0 Å². The summed E-state index contributed by atoms with van der Waals surface area (Å²) in [5, 5.41) is 3.79. The molecule has 0 spiro atoms. The molecular formula is C10H6BrClN2O2S. The fourth-order valence-electron chi connectivity index (χ4n) is 1.04. The summed E-state index contributed by atoms with van der Waals surface area (Å²) in [5.41, 5.74) is 2.35. The molecule has 4 nitrogen and oxygen atoms in total. The van der Waals surface area contributed by atoms with Crippen LogP contribution in [0, 0.1) is 0 Å². The van der Waals surface area contributed by atoms with E-state index < -0.39 is 5.91 Å². The molecule has 1 amide bonds. The van der Waals surface area contributed by atoms with E-state index in [4.69, 9.17) is 16.0 Å². The van der Waals surface area contributed by atoms with Crippen LogP contribution in [0.25, 0.3) is 0 Å². The lowest BCUT2D eigenvalue weighted by molar-refractivity contribution is 0.0926. The number of furan rings is 1. The van der Waals surface area contributed by atoms with Crippen LogP contribution in [-0.4, -0.2) is 12.1 Å². The highest BCUT2D eigenvalue weighted by molar-refractivity contribution is 9.10. The molecular weight excluding hydrogens is 328 g/mol. The van der Waals surface area contributed by atoms with Crippen LogP contribution in [0.2, 0.25) is 4.34 Å². The first-order valence-corrected chi connectivity index (χ1v) is 6.48. The van der Waals surface area contributed by atoms with Crippen molar-refractivity contribution >= 4 is 51.0 Å². The van der Waals surface area contributed by atoms with Crippen LogP contribution in [0.4, 0.5) is 0 Å². The third-order valence-corrected chi connectivity index (χ3v) is 3.34. The van der Waals surface area contributed by atoms with Gasteiger partial charge >= 0.3 is 5.91 Å². The van der Waals surface area contributed by atoms with Crippen molar-refractivity contribution in [3.05, 3.63) is 43.9 Å². The minimum Gasteiger partial charge on any atom is -0.444 e. The third kappa shape index (κ3) is 3.42. The number of hydrogen-bond acceptors (Lipinski definition) is 4. The Morgan fingerprint density at radius 3 is 2.88 bits per heavy atom. The van der Waals surface area contributed by atoms with Crippen molar-refractivity contribution in [1.82, 2.24) is 5.43 Å². The largest absolute Gasteiger partial charge is 0.444 e. The molecule has 0 unspecified atom stereocenters. The Hall–Kier alpha value is -1.11. The van der Waals surface area contributed by atoms with Gasteiger partial charge in [0.05, 0.1) is 10.6 Å². The fourth-order valence-corrected chi connectivity index (χ4v) is 2.28. The van der Waals surface area contributed by atoms with E-state index in [0.717, 1.165) is 4.88 Å². The van der Waals surface area contributed by atoms with Gasteiger partial charge in [-0.25, -0.2) is 5.43 Å². The lowest BCUT2D eigenvalue weighted by Crippen LogP contribution is -2.16. The van der Waals surface area contributed by atoms with E-state index in [-0.39, 0.29) is 5.76 Å². The number of carbonyl (C=O) groups excluding carboxylic acids is 1. The molecule has 0 aliphatic carbocycles. The van der Waals surface area contributed by atoms with Gasteiger partial charge in [0.2, 0.25) is 0 Å². The molecule has 0 saturated heterocycles. The van der Waals surface area contributed by atoms with Crippen LogP contribution in [0.5, 0.6) is 0 Å². The molecule has 88 valence electrons. The van der Waals surface area contributed by atoms with E-state index in [2.05, 4.69) is 26.5 Å². The number of carbonyl (C=O) groups is 1. The Labute approximate surface area is 114 Å². The van der Waals surface area contributed by atoms with Gasteiger partial charge in [-0.1, -0.05) is 11.6 Å². The second-order valence-corrected chi connectivity index (χ2v) is 5.47. The monoisotopic (exact) mass is 332 g/mol. The number of hydrazone groups is 1. The van der Waals surface area contributed by atoms with Gasteiger partial charge in [-0.2, -0.15) is 5.10 Å². The van der Waals surface area contributed by atoms with E-state index in [1.165, 1.54) is 17.6 Å². The maximum Gasteiger partial charge on any atom is 0.307 e. The number of hydrogen-bond donors (Lipinski definition) is 1. The van der Waals surface area contributed by atoms with Crippen molar-refractivity contribution in [3.8, 4) is 0 Å². The zero-order chi connectivity index (χ0) is 12.3. The Morgan fingerprint density at radius 1 is 1.47 bits per heavy atom. The lowest BCUT2D eigenvalue weighted by Gasteiger charge is -1.93. The van der Waals surface area contributed by atoms with Crippen LogP contribution >= 0.6 is 38.9 Å². The topological polar surface area (TPSA) is 54.6 Å². The van der Waals surface area contributed by atoms with Crippen LogP contribution in [-0.2, 0) is 0 Å². The maximum atomic E-state index is 11.5. The first kappa shape index (κ1) is 12.3. The van der Waals surface area contributed by atoms with Gasteiger partial charge in [-0.15, -0.1) is 11.3 Å². The number of nitrogens with one attached hydrogen (secondary N) is 1. The van der Waals surface area contributed by atoms with Crippen molar-refractivity contribution in [1.29, 1.82) is 0 Å². The number of nitrogens with zero attached hydrogens (tertiary/aromatic N) is 1. The molecule has 2 aromatic heterocycles. The summed E-state index contributed by atoms with van der Waals surface area (Å²) in [6.45, 7) is 0. The minimum absolute atomic E-state index is 0.193. The summed E-state index contributed by atoms with van der Waals surface area (Å²) in [6.07, 6.45) is 1.52. The second-order valence-electron chi connectivity index (χ2n) is 2.94. The van der Waals surface area contributed by atoms with Crippen molar-refractivity contribution in [2.75, 3.05) is 0 Å². The Balaban J connectivity index is 1.94. The number of amides is 1. The Morgan fingerprint density at radius 2 is 2.29 bits per heavy atom. The Bertz CT molecular complexity index is 564. The molecule has 0 aliphatic heterocycles. The number of thiophene rings is 1. The maximum absolute atomic E-state index is 11.5. The first-order chi connectivity index (χ1) is 8.15. The molecule has 0 bridgehead atoms. The molecule has 0 aromatic carbocycles. The predicted octanol–water partition coefficient (Wildman–Crippen LogP) is 3.52. The molecule has 0 fully saturated rings. The van der Waals surface area contributed by atoms with E-state index in [9.17, 15) is 4.79 Å². The van der Waals surface area contributed by atoms with Crippen molar-refractivity contribution < 1.29 is 9.21 Å². The summed E-state index contributed by atoms with van der Waals surface area (Å²) in [6, 6.07) is 6.76. The summed E-state index contributed by atoms with van der Waals surface area (Å²) in [4.78, 5) is 12.3. The zero-order valence-corrected chi connectivity index (χ0v) is 11.5.